The second-order valence-corrected chi connectivity index (χ2v) is 6.41. The van der Waals surface area contributed by atoms with Gasteiger partial charge in [-0.15, -0.1) is 0 Å². The molecule has 0 spiro atoms. The Balaban J connectivity index is 1.78. The first-order chi connectivity index (χ1) is 9.75. The third kappa shape index (κ3) is 5.28. The number of rotatable bonds is 6. The van der Waals surface area contributed by atoms with Crippen LogP contribution in [-0.2, 0) is 6.42 Å². The van der Waals surface area contributed by atoms with Gasteiger partial charge in [0.05, 0.1) is 6.20 Å². The molecule has 0 atom stereocenters. The molecule has 1 N–H and O–H groups in total. The molecule has 0 radical (unpaired) electrons. The van der Waals surface area contributed by atoms with E-state index in [0.717, 1.165) is 31.0 Å². The van der Waals surface area contributed by atoms with Crippen molar-refractivity contribution < 1.29 is 4.42 Å². The van der Waals surface area contributed by atoms with Crippen LogP contribution < -0.4 is 5.32 Å². The van der Waals surface area contributed by atoms with Gasteiger partial charge in [0.2, 0.25) is 0 Å². The lowest BCUT2D eigenvalue weighted by Crippen LogP contribution is -2.23. The summed E-state index contributed by atoms with van der Waals surface area (Å²) < 4.78 is 5.99. The highest BCUT2D eigenvalue weighted by molar-refractivity contribution is 5.02. The highest BCUT2D eigenvalue weighted by Gasteiger charge is 2.17. The summed E-state index contributed by atoms with van der Waals surface area (Å²) >= 11 is 0. The summed E-state index contributed by atoms with van der Waals surface area (Å²) in [6.07, 6.45) is 13.5. The number of nitrogens with one attached hydrogen (secondary N) is 1. The quantitative estimate of drug-likeness (QED) is 0.782. The minimum Gasteiger partial charge on any atom is -0.445 e. The van der Waals surface area contributed by atoms with Crippen LogP contribution in [0.3, 0.4) is 0 Å². The lowest BCUT2D eigenvalue weighted by molar-refractivity contribution is 0.369. The topological polar surface area (TPSA) is 38.1 Å². The van der Waals surface area contributed by atoms with Gasteiger partial charge in [0.1, 0.15) is 5.76 Å². The molecule has 1 aliphatic carbocycles. The maximum absolute atomic E-state index is 5.99. The molecule has 20 heavy (non-hydrogen) atoms. The molecule has 3 nitrogen and oxygen atoms in total. The summed E-state index contributed by atoms with van der Waals surface area (Å²) in [7, 11) is 0. The number of oxazole rings is 1. The molecule has 1 aromatic heterocycles. The number of aromatic nitrogens is 1. The van der Waals surface area contributed by atoms with E-state index in [1.165, 1.54) is 44.9 Å². The van der Waals surface area contributed by atoms with Crippen molar-refractivity contribution in [2.24, 2.45) is 0 Å². The monoisotopic (exact) mass is 278 g/mol. The molecule has 0 aliphatic heterocycles. The van der Waals surface area contributed by atoms with Crippen LogP contribution >= 0.6 is 0 Å². The molecule has 1 fully saturated rings. The molecular formula is C17H30N2O. The van der Waals surface area contributed by atoms with Gasteiger partial charge < -0.3 is 9.73 Å². The van der Waals surface area contributed by atoms with E-state index in [-0.39, 0.29) is 0 Å². The lowest BCUT2D eigenvalue weighted by Gasteiger charge is -2.16. The zero-order valence-electron chi connectivity index (χ0n) is 13.2. The van der Waals surface area contributed by atoms with Crippen molar-refractivity contribution in [3.63, 3.8) is 0 Å². The van der Waals surface area contributed by atoms with Gasteiger partial charge in [-0.3, -0.25) is 0 Å². The maximum atomic E-state index is 5.99. The number of hydrogen-bond donors (Lipinski definition) is 1. The second kappa shape index (κ2) is 8.46. The first-order valence-electron chi connectivity index (χ1n) is 8.43. The highest BCUT2D eigenvalue weighted by atomic mass is 16.4. The fourth-order valence-corrected chi connectivity index (χ4v) is 3.00. The highest BCUT2D eigenvalue weighted by Crippen LogP contribution is 2.31. The predicted octanol–water partition coefficient (Wildman–Crippen LogP) is 4.43. The summed E-state index contributed by atoms with van der Waals surface area (Å²) in [6, 6.07) is 0.560. The SMILES string of the molecule is CC(C)NCCCc1ncc(C2CCCCCCC2)o1. The molecule has 0 amide bonds. The Morgan fingerprint density at radius 1 is 1.20 bits per heavy atom. The zero-order valence-corrected chi connectivity index (χ0v) is 13.2. The molecule has 1 saturated carbocycles. The minimum atomic E-state index is 0.560. The van der Waals surface area contributed by atoms with Gasteiger partial charge in [-0.2, -0.15) is 0 Å². The van der Waals surface area contributed by atoms with Crippen molar-refractivity contribution in [2.75, 3.05) is 6.54 Å². The summed E-state index contributed by atoms with van der Waals surface area (Å²) in [5.74, 6) is 2.68. The summed E-state index contributed by atoms with van der Waals surface area (Å²) in [6.45, 7) is 5.40. The Morgan fingerprint density at radius 2 is 1.90 bits per heavy atom. The number of aryl methyl sites for hydroxylation is 1. The van der Waals surface area contributed by atoms with Crippen molar-refractivity contribution in [3.8, 4) is 0 Å². The van der Waals surface area contributed by atoms with Crippen LogP contribution in [0.5, 0.6) is 0 Å². The fourth-order valence-electron chi connectivity index (χ4n) is 3.00. The third-order valence-electron chi connectivity index (χ3n) is 4.20. The molecule has 0 saturated heterocycles. The van der Waals surface area contributed by atoms with E-state index in [2.05, 4.69) is 24.1 Å². The van der Waals surface area contributed by atoms with Crippen molar-refractivity contribution >= 4 is 0 Å². The molecule has 1 heterocycles. The molecule has 0 bridgehead atoms. The van der Waals surface area contributed by atoms with E-state index in [9.17, 15) is 0 Å². The average Bonchev–Trinajstić information content (AvgIpc) is 2.83. The molecule has 0 unspecified atom stereocenters. The van der Waals surface area contributed by atoms with Gasteiger partial charge in [0.15, 0.2) is 5.89 Å². The predicted molar refractivity (Wildman–Crippen MR) is 83.0 cm³/mol. The molecular weight excluding hydrogens is 248 g/mol. The van der Waals surface area contributed by atoms with E-state index in [1.54, 1.807) is 0 Å². The third-order valence-corrected chi connectivity index (χ3v) is 4.20. The van der Waals surface area contributed by atoms with Crippen LogP contribution in [0.25, 0.3) is 0 Å². The second-order valence-electron chi connectivity index (χ2n) is 6.41. The van der Waals surface area contributed by atoms with Crippen LogP contribution in [0.2, 0.25) is 0 Å². The molecule has 0 aromatic carbocycles. The van der Waals surface area contributed by atoms with E-state index in [4.69, 9.17) is 4.42 Å². The first-order valence-corrected chi connectivity index (χ1v) is 8.43. The van der Waals surface area contributed by atoms with Crippen LogP contribution in [0.1, 0.15) is 82.8 Å². The van der Waals surface area contributed by atoms with Crippen molar-refractivity contribution in [1.29, 1.82) is 0 Å². The summed E-state index contributed by atoms with van der Waals surface area (Å²) in [5, 5.41) is 3.43. The van der Waals surface area contributed by atoms with Crippen LogP contribution in [-0.4, -0.2) is 17.6 Å². The van der Waals surface area contributed by atoms with Gasteiger partial charge in [-0.1, -0.05) is 46.0 Å². The molecule has 1 aromatic rings. The van der Waals surface area contributed by atoms with E-state index in [1.807, 2.05) is 6.20 Å². The van der Waals surface area contributed by atoms with Crippen LogP contribution in [0.4, 0.5) is 0 Å². The Labute approximate surface area is 123 Å². The van der Waals surface area contributed by atoms with E-state index >= 15 is 0 Å². The fraction of sp³-hybridized carbons (Fsp3) is 0.824. The lowest BCUT2D eigenvalue weighted by atomic mass is 9.90. The smallest absolute Gasteiger partial charge is 0.194 e. The Bertz CT molecular complexity index is 365. The maximum Gasteiger partial charge on any atom is 0.194 e. The normalized spacial score (nSPS) is 18.1. The van der Waals surface area contributed by atoms with Crippen LogP contribution in [0, 0.1) is 0 Å². The van der Waals surface area contributed by atoms with E-state index < -0.39 is 0 Å². The average molecular weight is 278 g/mol. The minimum absolute atomic E-state index is 0.560. The van der Waals surface area contributed by atoms with Crippen LogP contribution in [0.15, 0.2) is 10.6 Å². The molecule has 114 valence electrons. The summed E-state index contributed by atoms with van der Waals surface area (Å²) in [4.78, 5) is 4.47. The Morgan fingerprint density at radius 3 is 2.60 bits per heavy atom. The van der Waals surface area contributed by atoms with Crippen molar-refractivity contribution in [2.45, 2.75) is 83.6 Å². The summed E-state index contributed by atoms with van der Waals surface area (Å²) in [5.41, 5.74) is 0. The largest absolute Gasteiger partial charge is 0.445 e. The molecule has 1 aliphatic rings. The molecule has 2 rings (SSSR count). The standard InChI is InChI=1S/C17H30N2O/c1-14(2)18-12-8-11-17-19-13-16(20-17)15-9-6-4-3-5-7-10-15/h13-15,18H,3-12H2,1-2H3. The molecule has 3 heteroatoms. The number of hydrogen-bond acceptors (Lipinski definition) is 3. The van der Waals surface area contributed by atoms with Gasteiger partial charge in [-0.05, 0) is 25.8 Å². The zero-order chi connectivity index (χ0) is 14.2. The van der Waals surface area contributed by atoms with Crippen molar-refractivity contribution in [3.05, 3.63) is 17.8 Å². The van der Waals surface area contributed by atoms with Crippen molar-refractivity contribution in [1.82, 2.24) is 10.3 Å². The van der Waals surface area contributed by atoms with E-state index in [0.29, 0.717) is 12.0 Å². The Kier molecular flexibility index (Phi) is 6.58. The van der Waals surface area contributed by atoms with Gasteiger partial charge in [0, 0.05) is 18.4 Å². The Hall–Kier alpha value is -0.830. The number of nitrogens with zero attached hydrogens (tertiary/aromatic N) is 1. The van der Waals surface area contributed by atoms with Gasteiger partial charge in [-0.25, -0.2) is 4.98 Å². The van der Waals surface area contributed by atoms with Gasteiger partial charge in [0.25, 0.3) is 0 Å². The first kappa shape index (κ1) is 15.6. The van der Waals surface area contributed by atoms with Gasteiger partial charge >= 0.3 is 0 Å².